The quantitative estimate of drug-likeness (QED) is 0.670. The second-order valence-corrected chi connectivity index (χ2v) is 6.60. The molecule has 1 saturated heterocycles. The van der Waals surface area contributed by atoms with E-state index in [1.165, 1.54) is 16.7 Å². The van der Waals surface area contributed by atoms with Gasteiger partial charge in [0.1, 0.15) is 0 Å². The summed E-state index contributed by atoms with van der Waals surface area (Å²) in [7, 11) is 0. The highest BCUT2D eigenvalue weighted by molar-refractivity contribution is 5.19. The molecule has 2 aromatic rings. The van der Waals surface area contributed by atoms with Gasteiger partial charge in [-0.2, -0.15) is 0 Å². The molecule has 1 heterocycles. The molecule has 2 aromatic carbocycles. The van der Waals surface area contributed by atoms with E-state index in [2.05, 4.69) is 49.9 Å². The third-order valence-electron chi connectivity index (χ3n) is 4.73. The lowest BCUT2D eigenvalue weighted by molar-refractivity contribution is -0.111. The van der Waals surface area contributed by atoms with Crippen molar-refractivity contribution < 1.29 is 9.47 Å². The maximum Gasteiger partial charge on any atom is 0.0881 e. The monoisotopic (exact) mass is 322 g/mol. The number of hydrogen-bond donors (Lipinski definition) is 0. The molecule has 2 heteroatoms. The summed E-state index contributed by atoms with van der Waals surface area (Å²) in [6, 6.07) is 20.8. The van der Waals surface area contributed by atoms with Gasteiger partial charge in [0.25, 0.3) is 0 Å². The number of rotatable bonds is 6. The van der Waals surface area contributed by atoms with Crippen LogP contribution in [0.1, 0.15) is 37.0 Å². The fourth-order valence-corrected chi connectivity index (χ4v) is 3.39. The van der Waals surface area contributed by atoms with Crippen molar-refractivity contribution in [3.05, 3.63) is 83.9 Å². The molecule has 0 aromatic heterocycles. The van der Waals surface area contributed by atoms with Crippen LogP contribution in [0, 0.1) is 5.92 Å². The van der Waals surface area contributed by atoms with Gasteiger partial charge < -0.3 is 9.47 Å². The molecule has 3 rings (SSSR count). The van der Waals surface area contributed by atoms with Crippen LogP contribution in [0.3, 0.4) is 0 Å². The summed E-state index contributed by atoms with van der Waals surface area (Å²) in [5.41, 5.74) is 3.64. The zero-order valence-electron chi connectivity index (χ0n) is 14.4. The first kappa shape index (κ1) is 16.9. The zero-order valence-corrected chi connectivity index (χ0v) is 14.4. The largest absolute Gasteiger partial charge is 0.374 e. The van der Waals surface area contributed by atoms with Crippen molar-refractivity contribution in [2.75, 3.05) is 6.61 Å². The van der Waals surface area contributed by atoms with Gasteiger partial charge in [-0.05, 0) is 30.9 Å². The van der Waals surface area contributed by atoms with Crippen LogP contribution < -0.4 is 0 Å². The van der Waals surface area contributed by atoms with Gasteiger partial charge in [0.15, 0.2) is 0 Å². The van der Waals surface area contributed by atoms with E-state index in [1.807, 2.05) is 24.3 Å². The molecule has 0 amide bonds. The van der Waals surface area contributed by atoms with Crippen LogP contribution in [-0.2, 0) is 16.1 Å². The Hall–Kier alpha value is -1.90. The van der Waals surface area contributed by atoms with Crippen molar-refractivity contribution in [1.82, 2.24) is 0 Å². The van der Waals surface area contributed by atoms with E-state index in [0.717, 1.165) is 12.8 Å². The Kier molecular flexibility index (Phi) is 5.84. The van der Waals surface area contributed by atoms with E-state index in [9.17, 15) is 0 Å². The third kappa shape index (κ3) is 4.34. The molecule has 24 heavy (non-hydrogen) atoms. The average molecular weight is 322 g/mol. The number of hydrogen-bond acceptors (Lipinski definition) is 2. The molecule has 1 aliphatic rings. The van der Waals surface area contributed by atoms with Crippen LogP contribution >= 0.6 is 0 Å². The second-order valence-electron chi connectivity index (χ2n) is 6.60. The molecule has 0 unspecified atom stereocenters. The van der Waals surface area contributed by atoms with Gasteiger partial charge in [-0.25, -0.2) is 0 Å². The minimum atomic E-state index is 0.0742. The van der Waals surface area contributed by atoms with E-state index in [0.29, 0.717) is 19.1 Å². The first-order valence-corrected chi connectivity index (χ1v) is 8.71. The summed E-state index contributed by atoms with van der Waals surface area (Å²) in [6.45, 7) is 7.49. The molecular formula is C22H26O2. The maximum absolute atomic E-state index is 6.40. The lowest BCUT2D eigenvalue weighted by Crippen LogP contribution is -2.35. The molecule has 126 valence electrons. The van der Waals surface area contributed by atoms with Crippen LogP contribution in [0.4, 0.5) is 0 Å². The van der Waals surface area contributed by atoms with E-state index < -0.39 is 0 Å². The van der Waals surface area contributed by atoms with E-state index in [1.54, 1.807) is 0 Å². The topological polar surface area (TPSA) is 18.5 Å². The molecule has 0 radical (unpaired) electrons. The van der Waals surface area contributed by atoms with Gasteiger partial charge in [-0.15, -0.1) is 0 Å². The fraction of sp³-hybridized carbons (Fsp3) is 0.364. The van der Waals surface area contributed by atoms with Gasteiger partial charge in [0, 0.05) is 5.92 Å². The zero-order chi connectivity index (χ0) is 16.8. The lowest BCUT2D eigenvalue weighted by atomic mass is 9.85. The molecule has 0 bridgehead atoms. The van der Waals surface area contributed by atoms with Crippen LogP contribution in [0.25, 0.3) is 0 Å². The van der Waals surface area contributed by atoms with E-state index in [-0.39, 0.29) is 12.2 Å². The van der Waals surface area contributed by atoms with Gasteiger partial charge >= 0.3 is 0 Å². The fourth-order valence-electron chi connectivity index (χ4n) is 3.39. The van der Waals surface area contributed by atoms with E-state index >= 15 is 0 Å². The molecule has 1 fully saturated rings. The molecule has 0 saturated carbocycles. The molecule has 0 N–H and O–H groups in total. The highest BCUT2D eigenvalue weighted by Crippen LogP contribution is 2.37. The Labute approximate surface area is 145 Å². The predicted octanol–water partition coefficient (Wildman–Crippen LogP) is 5.32. The molecule has 1 aliphatic heterocycles. The Morgan fingerprint density at radius 2 is 1.71 bits per heavy atom. The summed E-state index contributed by atoms with van der Waals surface area (Å²) < 4.78 is 12.4. The minimum Gasteiger partial charge on any atom is -0.374 e. The maximum atomic E-state index is 6.40. The van der Waals surface area contributed by atoms with Crippen LogP contribution in [0.2, 0.25) is 0 Å². The molecule has 0 aliphatic carbocycles. The van der Waals surface area contributed by atoms with Crippen molar-refractivity contribution in [2.24, 2.45) is 5.92 Å². The normalized spacial score (nSPS) is 23.8. The molecular weight excluding hydrogens is 296 g/mol. The Bertz CT molecular complexity index is 636. The predicted molar refractivity (Wildman–Crippen MR) is 97.7 cm³/mol. The molecule has 2 nitrogen and oxygen atoms in total. The Morgan fingerprint density at radius 3 is 2.38 bits per heavy atom. The standard InChI is InChI=1S/C22H26O2/c1-17(2)20-13-14-21(19-11-7-4-8-12-19)24-22(20)16-23-15-18-9-5-3-6-10-18/h3-12,20-22H,1,13-16H2,2H3/t20-,21-,22-/m0/s1. The highest BCUT2D eigenvalue weighted by atomic mass is 16.5. The van der Waals surface area contributed by atoms with Crippen LogP contribution in [-0.4, -0.2) is 12.7 Å². The van der Waals surface area contributed by atoms with Crippen molar-refractivity contribution in [3.63, 3.8) is 0 Å². The first-order chi connectivity index (χ1) is 11.7. The Morgan fingerprint density at radius 1 is 1.04 bits per heavy atom. The summed E-state index contributed by atoms with van der Waals surface area (Å²) in [5.74, 6) is 0.376. The van der Waals surface area contributed by atoms with Crippen molar-refractivity contribution >= 4 is 0 Å². The number of ether oxygens (including phenoxy) is 2. The van der Waals surface area contributed by atoms with E-state index in [4.69, 9.17) is 9.47 Å². The molecule has 3 atom stereocenters. The number of benzene rings is 2. The van der Waals surface area contributed by atoms with Gasteiger partial charge in [0.05, 0.1) is 25.4 Å². The van der Waals surface area contributed by atoms with Gasteiger partial charge in [-0.3, -0.25) is 0 Å². The van der Waals surface area contributed by atoms with Crippen molar-refractivity contribution in [2.45, 2.75) is 38.6 Å². The first-order valence-electron chi connectivity index (χ1n) is 8.71. The second kappa shape index (κ2) is 8.27. The van der Waals surface area contributed by atoms with Crippen LogP contribution in [0.5, 0.6) is 0 Å². The smallest absolute Gasteiger partial charge is 0.0881 e. The van der Waals surface area contributed by atoms with Crippen molar-refractivity contribution in [1.29, 1.82) is 0 Å². The highest BCUT2D eigenvalue weighted by Gasteiger charge is 2.32. The average Bonchev–Trinajstić information content (AvgIpc) is 2.63. The van der Waals surface area contributed by atoms with Gasteiger partial charge in [0.2, 0.25) is 0 Å². The minimum absolute atomic E-state index is 0.0742. The van der Waals surface area contributed by atoms with Crippen molar-refractivity contribution in [3.8, 4) is 0 Å². The lowest BCUT2D eigenvalue weighted by Gasteiger charge is -2.37. The summed E-state index contributed by atoms with van der Waals surface area (Å²) in [5, 5.41) is 0. The Balaban J connectivity index is 1.61. The summed E-state index contributed by atoms with van der Waals surface area (Å²) >= 11 is 0. The SMILES string of the molecule is C=C(C)[C@@H]1CC[C@@H](c2ccccc2)O[C@H]1COCc1ccccc1. The molecule has 0 spiro atoms. The third-order valence-corrected chi connectivity index (χ3v) is 4.73. The summed E-state index contributed by atoms with van der Waals surface area (Å²) in [4.78, 5) is 0. The van der Waals surface area contributed by atoms with Gasteiger partial charge in [-0.1, -0.05) is 72.8 Å². The van der Waals surface area contributed by atoms with Crippen LogP contribution in [0.15, 0.2) is 72.8 Å². The summed E-state index contributed by atoms with van der Waals surface area (Å²) in [6.07, 6.45) is 2.38.